The highest BCUT2D eigenvalue weighted by Crippen LogP contribution is 2.36. The molecular weight excluding hydrogens is 545 g/mol. The number of H-pyrrole nitrogens is 1. The van der Waals surface area contributed by atoms with Gasteiger partial charge in [-0.1, -0.05) is 59.6 Å². The first-order valence-corrected chi connectivity index (χ1v) is 13.8. The number of anilines is 1. The van der Waals surface area contributed by atoms with E-state index >= 15 is 0 Å². The summed E-state index contributed by atoms with van der Waals surface area (Å²) in [6.07, 6.45) is 9.43. The van der Waals surface area contributed by atoms with Crippen LogP contribution in [-0.2, 0) is 11.2 Å². The van der Waals surface area contributed by atoms with E-state index in [9.17, 15) is 4.79 Å². The summed E-state index contributed by atoms with van der Waals surface area (Å²) in [5.41, 5.74) is 11.1. The molecule has 3 N–H and O–H groups in total. The molecule has 1 fully saturated rings. The van der Waals surface area contributed by atoms with E-state index in [0.29, 0.717) is 44.9 Å². The van der Waals surface area contributed by atoms with E-state index < -0.39 is 0 Å². The number of piperidine rings is 1. The smallest absolute Gasteiger partial charge is 0.226 e. The Hall–Kier alpha value is -4.14. The number of nitrogens with zero attached hydrogens (tertiary/aromatic N) is 5. The molecule has 0 unspecified atom stereocenters. The van der Waals surface area contributed by atoms with E-state index in [0.717, 1.165) is 42.6 Å². The first-order chi connectivity index (χ1) is 19.5. The molecule has 40 heavy (non-hydrogen) atoms. The summed E-state index contributed by atoms with van der Waals surface area (Å²) in [5, 5.41) is 5.70. The number of nitrogens with one attached hydrogen (secondary N) is 1. The summed E-state index contributed by atoms with van der Waals surface area (Å²) >= 11 is 12.8. The monoisotopic (exact) mass is 571 g/mol. The lowest BCUT2D eigenvalue weighted by molar-refractivity contribution is -0.131. The third-order valence-electron chi connectivity index (χ3n) is 7.31. The largest absolute Gasteiger partial charge is 0.383 e. The highest BCUT2D eigenvalue weighted by Gasteiger charge is 2.25. The van der Waals surface area contributed by atoms with Gasteiger partial charge in [-0.2, -0.15) is 5.10 Å². The molecule has 0 atom stereocenters. The first kappa shape index (κ1) is 26.1. The molecular formula is C30H27Cl2N7O. The van der Waals surface area contributed by atoms with Gasteiger partial charge >= 0.3 is 0 Å². The van der Waals surface area contributed by atoms with Gasteiger partial charge in [0, 0.05) is 42.2 Å². The van der Waals surface area contributed by atoms with E-state index in [1.165, 1.54) is 0 Å². The number of aromatic amines is 1. The fourth-order valence-electron chi connectivity index (χ4n) is 5.11. The number of aromatic nitrogens is 5. The van der Waals surface area contributed by atoms with Crippen molar-refractivity contribution in [1.82, 2.24) is 29.6 Å². The number of carbonyl (C=O) groups is 1. The van der Waals surface area contributed by atoms with Gasteiger partial charge < -0.3 is 15.6 Å². The molecule has 2 aromatic carbocycles. The molecule has 6 rings (SSSR count). The van der Waals surface area contributed by atoms with Crippen molar-refractivity contribution in [3.05, 3.63) is 95.0 Å². The molecule has 0 bridgehead atoms. The third-order valence-corrected chi connectivity index (χ3v) is 7.94. The number of hydrogen-bond acceptors (Lipinski definition) is 5. The Labute approximate surface area is 241 Å². The fraction of sp³-hybridized carbons (Fsp3) is 0.200. The summed E-state index contributed by atoms with van der Waals surface area (Å²) in [7, 11) is 0. The molecule has 202 valence electrons. The van der Waals surface area contributed by atoms with Crippen LogP contribution in [0, 0.1) is 0 Å². The van der Waals surface area contributed by atoms with Crippen molar-refractivity contribution in [2.75, 3.05) is 18.8 Å². The lowest BCUT2D eigenvalue weighted by atomic mass is 10.0. The molecule has 1 aliphatic rings. The Kier molecular flexibility index (Phi) is 7.28. The predicted octanol–water partition coefficient (Wildman–Crippen LogP) is 6.30. The van der Waals surface area contributed by atoms with Crippen LogP contribution in [0.2, 0.25) is 10.0 Å². The topological polar surface area (TPSA) is 106 Å². The van der Waals surface area contributed by atoms with E-state index in [1.807, 2.05) is 58.4 Å². The van der Waals surface area contributed by atoms with Gasteiger partial charge in [-0.25, -0.2) is 9.97 Å². The average molecular weight is 573 g/mol. The third kappa shape index (κ3) is 5.33. The number of pyridine rings is 1. The second kappa shape index (κ2) is 11.2. The second-order valence-corrected chi connectivity index (χ2v) is 10.7. The van der Waals surface area contributed by atoms with Crippen molar-refractivity contribution >= 4 is 34.9 Å². The van der Waals surface area contributed by atoms with Gasteiger partial charge in [0.15, 0.2) is 0 Å². The molecule has 3 aromatic heterocycles. The number of likely N-dealkylation sites (tertiary alicyclic amines) is 1. The van der Waals surface area contributed by atoms with Crippen molar-refractivity contribution in [2.45, 2.75) is 25.3 Å². The van der Waals surface area contributed by atoms with Crippen LogP contribution in [0.3, 0.4) is 0 Å². The van der Waals surface area contributed by atoms with Crippen LogP contribution in [0.1, 0.15) is 24.4 Å². The minimum absolute atomic E-state index is 0.171. The van der Waals surface area contributed by atoms with Gasteiger partial charge in [0.05, 0.1) is 46.2 Å². The maximum absolute atomic E-state index is 12.8. The van der Waals surface area contributed by atoms with E-state index in [1.54, 1.807) is 30.6 Å². The fourth-order valence-corrected chi connectivity index (χ4v) is 5.71. The number of rotatable bonds is 6. The van der Waals surface area contributed by atoms with Crippen LogP contribution < -0.4 is 5.73 Å². The molecule has 0 radical (unpaired) electrons. The van der Waals surface area contributed by atoms with Gasteiger partial charge in [-0.3, -0.25) is 9.48 Å². The van der Waals surface area contributed by atoms with Crippen LogP contribution in [0.15, 0.2) is 79.4 Å². The molecule has 4 heterocycles. The van der Waals surface area contributed by atoms with Crippen molar-refractivity contribution in [2.24, 2.45) is 0 Å². The Morgan fingerprint density at radius 3 is 2.45 bits per heavy atom. The number of benzene rings is 2. The van der Waals surface area contributed by atoms with Crippen LogP contribution >= 0.6 is 23.2 Å². The number of halogens is 2. The van der Waals surface area contributed by atoms with Crippen LogP contribution in [-0.4, -0.2) is 48.6 Å². The number of carbonyl (C=O) groups excluding carboxylic acids is 1. The normalized spacial score (nSPS) is 14.0. The maximum atomic E-state index is 12.8. The summed E-state index contributed by atoms with van der Waals surface area (Å²) in [5.74, 6) is 1.09. The van der Waals surface area contributed by atoms with Gasteiger partial charge in [0.1, 0.15) is 11.6 Å². The summed E-state index contributed by atoms with van der Waals surface area (Å²) in [6.45, 7) is 1.44. The Balaban J connectivity index is 1.16. The molecule has 10 heteroatoms. The molecule has 0 spiro atoms. The molecule has 1 amide bonds. The van der Waals surface area contributed by atoms with Crippen molar-refractivity contribution in [3.63, 3.8) is 0 Å². The molecule has 5 aromatic rings. The van der Waals surface area contributed by atoms with Gasteiger partial charge in [0.25, 0.3) is 0 Å². The van der Waals surface area contributed by atoms with E-state index in [4.69, 9.17) is 28.9 Å². The minimum Gasteiger partial charge on any atom is -0.383 e. The van der Waals surface area contributed by atoms with E-state index in [-0.39, 0.29) is 11.9 Å². The highest BCUT2D eigenvalue weighted by atomic mass is 35.5. The van der Waals surface area contributed by atoms with Gasteiger partial charge in [0.2, 0.25) is 5.91 Å². The number of hydrogen-bond donors (Lipinski definition) is 2. The Morgan fingerprint density at radius 2 is 1.70 bits per heavy atom. The lowest BCUT2D eigenvalue weighted by Crippen LogP contribution is -2.39. The summed E-state index contributed by atoms with van der Waals surface area (Å²) < 4.78 is 1.99. The van der Waals surface area contributed by atoms with Crippen molar-refractivity contribution in [1.29, 1.82) is 0 Å². The van der Waals surface area contributed by atoms with Crippen LogP contribution in [0.4, 0.5) is 5.82 Å². The number of nitrogens with two attached hydrogens (primary N) is 1. The highest BCUT2D eigenvalue weighted by molar-refractivity contribution is 6.39. The summed E-state index contributed by atoms with van der Waals surface area (Å²) in [4.78, 5) is 26.9. The van der Waals surface area contributed by atoms with Crippen LogP contribution in [0.25, 0.3) is 33.8 Å². The standard InChI is InChI=1S/C30H27Cl2N7O/c31-24-7-4-8-25(32)28(24)26-17-35-30(37-26)23-14-20(15-34-29(23)33)21-16-36-39(18-21)22-9-11-38(12-10-22)27(40)13-19-5-2-1-3-6-19/h1-8,14-18,22H,9-13H2,(H2,33,34)(H,35,37). The lowest BCUT2D eigenvalue weighted by Gasteiger charge is -2.32. The van der Waals surface area contributed by atoms with Crippen molar-refractivity contribution < 1.29 is 4.79 Å². The number of amides is 1. The first-order valence-electron chi connectivity index (χ1n) is 13.1. The second-order valence-electron chi connectivity index (χ2n) is 9.88. The Morgan fingerprint density at radius 1 is 0.950 bits per heavy atom. The molecule has 0 saturated carbocycles. The predicted molar refractivity (Wildman–Crippen MR) is 158 cm³/mol. The zero-order valence-corrected chi connectivity index (χ0v) is 23.1. The number of imidazole rings is 1. The molecule has 1 saturated heterocycles. The molecule has 8 nitrogen and oxygen atoms in total. The zero-order chi connectivity index (χ0) is 27.6. The average Bonchev–Trinajstić information content (AvgIpc) is 3.65. The maximum Gasteiger partial charge on any atom is 0.226 e. The Bertz CT molecular complexity index is 1640. The van der Waals surface area contributed by atoms with Gasteiger partial charge in [-0.05, 0) is 36.6 Å². The SMILES string of the molecule is Nc1ncc(-c2cnn(C3CCN(C(=O)Cc4ccccc4)CC3)c2)cc1-c1ncc(-c2c(Cl)cccc2Cl)[nH]1. The summed E-state index contributed by atoms with van der Waals surface area (Å²) in [6, 6.07) is 17.4. The van der Waals surface area contributed by atoms with Crippen LogP contribution in [0.5, 0.6) is 0 Å². The van der Waals surface area contributed by atoms with Gasteiger partial charge in [-0.15, -0.1) is 0 Å². The van der Waals surface area contributed by atoms with E-state index in [2.05, 4.69) is 20.1 Å². The minimum atomic E-state index is 0.171. The quantitative estimate of drug-likeness (QED) is 0.249. The molecule has 0 aliphatic carbocycles. The zero-order valence-electron chi connectivity index (χ0n) is 21.6. The number of nitrogen functional groups attached to an aromatic ring is 1. The molecule has 1 aliphatic heterocycles. The van der Waals surface area contributed by atoms with Crippen molar-refractivity contribution in [3.8, 4) is 33.8 Å².